The van der Waals surface area contributed by atoms with Gasteiger partial charge in [-0.05, 0) is 148 Å². The van der Waals surface area contributed by atoms with Crippen LogP contribution >= 0.6 is 46.4 Å². The Morgan fingerprint density at radius 3 is 0.932 bits per heavy atom. The molecule has 0 aromatic carbocycles. The molecule has 4 aliphatic rings. The predicted octanol–water partition coefficient (Wildman–Crippen LogP) is 11.8. The zero-order valence-corrected chi connectivity index (χ0v) is 69.7. The lowest BCUT2D eigenvalue weighted by Crippen LogP contribution is -2.54. The van der Waals surface area contributed by atoms with Crippen LogP contribution in [0.3, 0.4) is 0 Å². The maximum Gasteiger partial charge on any atom is 0.258 e. The molecule has 4 aliphatic heterocycles. The van der Waals surface area contributed by atoms with Crippen molar-refractivity contribution in [1.29, 1.82) is 0 Å². The van der Waals surface area contributed by atoms with E-state index < -0.39 is 0 Å². The van der Waals surface area contributed by atoms with Crippen LogP contribution in [0.1, 0.15) is 56.9 Å². The minimum atomic E-state index is -0.119. The van der Waals surface area contributed by atoms with E-state index in [9.17, 15) is 19.2 Å². The van der Waals surface area contributed by atoms with Gasteiger partial charge >= 0.3 is 0 Å². The smallest absolute Gasteiger partial charge is 0.258 e. The van der Waals surface area contributed by atoms with Gasteiger partial charge in [0.25, 0.3) is 22.2 Å². The van der Waals surface area contributed by atoms with E-state index >= 15 is 0 Å². The number of aryl methyl sites for hydroxylation is 4. The fraction of sp³-hybridized carbons (Fsp3) is 0.302. The monoisotopic (exact) mass is 1660 g/mol. The first-order chi connectivity index (χ1) is 56.8. The fourth-order valence-electron chi connectivity index (χ4n) is 16.2. The zero-order chi connectivity index (χ0) is 82.1. The van der Waals surface area contributed by atoms with Crippen molar-refractivity contribution in [3.8, 4) is 45.0 Å². The van der Waals surface area contributed by atoms with Crippen LogP contribution in [0.5, 0.6) is 0 Å². The van der Waals surface area contributed by atoms with Gasteiger partial charge < -0.3 is 58.1 Å². The van der Waals surface area contributed by atoms with Crippen LogP contribution in [-0.4, -0.2) is 190 Å². The fourth-order valence-corrected chi connectivity index (χ4v) is 17.2. The number of likely N-dealkylation sites (N-methyl/N-ethyl adjacent to an activating group) is 1. The Balaban J connectivity index is 0.000000113. The molecule has 16 aromatic heterocycles. The lowest BCUT2D eigenvalue weighted by molar-refractivity contribution is 0.360. The molecule has 20 rings (SSSR count). The van der Waals surface area contributed by atoms with Gasteiger partial charge in [-0.1, -0.05) is 46.4 Å². The largest absolute Gasteiger partial charge is 0.369 e. The number of fused-ring (bicyclic) bond motifs is 8. The van der Waals surface area contributed by atoms with Gasteiger partial charge in [0.1, 0.15) is 22.6 Å². The molecule has 0 bridgehead atoms. The summed E-state index contributed by atoms with van der Waals surface area (Å²) in [7, 11) is 2.15. The van der Waals surface area contributed by atoms with E-state index in [1.165, 1.54) is 0 Å². The number of piperazine rings is 3. The first kappa shape index (κ1) is 78.9. The Morgan fingerprint density at radius 1 is 0.322 bits per heavy atom. The third-order valence-corrected chi connectivity index (χ3v) is 22.9. The summed E-state index contributed by atoms with van der Waals surface area (Å²) in [5, 5.41) is 12.5. The van der Waals surface area contributed by atoms with Crippen LogP contribution in [0.2, 0.25) is 20.1 Å². The Kier molecular flexibility index (Phi) is 21.9. The van der Waals surface area contributed by atoms with Gasteiger partial charge in [-0.3, -0.25) is 36.8 Å². The van der Waals surface area contributed by atoms with E-state index in [1.807, 2.05) is 174 Å². The molecule has 0 spiro atoms. The van der Waals surface area contributed by atoms with Crippen LogP contribution in [0.25, 0.3) is 90.2 Å². The van der Waals surface area contributed by atoms with E-state index in [0.717, 1.165) is 153 Å². The molecule has 20 heterocycles. The second-order valence-corrected chi connectivity index (χ2v) is 32.9. The van der Waals surface area contributed by atoms with Crippen LogP contribution in [0, 0.1) is 27.7 Å². The average molecular weight is 1660 g/mol. The van der Waals surface area contributed by atoms with Crippen molar-refractivity contribution < 1.29 is 0 Å². The van der Waals surface area contributed by atoms with Crippen molar-refractivity contribution >= 4 is 114 Å². The molecule has 0 unspecified atom stereocenters. The number of pyridine rings is 8. The Bertz CT molecular complexity index is 6640. The van der Waals surface area contributed by atoms with E-state index in [1.54, 1.807) is 60.1 Å². The van der Waals surface area contributed by atoms with Crippen LogP contribution in [0.15, 0.2) is 191 Å². The highest BCUT2D eigenvalue weighted by atomic mass is 35.5. The lowest BCUT2D eigenvalue weighted by atomic mass is 10.1. The van der Waals surface area contributed by atoms with E-state index in [0.29, 0.717) is 112 Å². The maximum atomic E-state index is 12.9. The minimum Gasteiger partial charge on any atom is -0.369 e. The molecule has 32 heteroatoms. The minimum absolute atomic E-state index is 0.109. The number of aromatic nitrogens is 16. The molecule has 28 nitrogen and oxygen atoms in total. The van der Waals surface area contributed by atoms with Gasteiger partial charge in [0.05, 0.1) is 88.4 Å². The highest BCUT2D eigenvalue weighted by Gasteiger charge is 2.25. The van der Waals surface area contributed by atoms with E-state index in [4.69, 9.17) is 66.3 Å². The quantitative estimate of drug-likeness (QED) is 0.128. The summed E-state index contributed by atoms with van der Waals surface area (Å²) >= 11 is 25.6. The summed E-state index contributed by atoms with van der Waals surface area (Å²) in [6.45, 7) is 27.7. The van der Waals surface area contributed by atoms with Crippen molar-refractivity contribution in [2.45, 2.75) is 86.0 Å². The number of anilines is 4. The topological polar surface area (TPSA) is 259 Å². The van der Waals surface area contributed by atoms with Gasteiger partial charge in [0.2, 0.25) is 0 Å². The molecule has 0 saturated carbocycles. The zero-order valence-electron chi connectivity index (χ0n) is 66.7. The Morgan fingerprint density at radius 2 is 0.619 bits per heavy atom. The average Bonchev–Trinajstić information content (AvgIpc) is 1.17. The summed E-state index contributed by atoms with van der Waals surface area (Å²) in [4.78, 5) is 99.6. The highest BCUT2D eigenvalue weighted by Crippen LogP contribution is 2.32. The highest BCUT2D eigenvalue weighted by molar-refractivity contribution is 6.35. The molecule has 118 heavy (non-hydrogen) atoms. The van der Waals surface area contributed by atoms with E-state index in [2.05, 4.69) is 95.1 Å². The number of imidazole rings is 4. The number of nitrogens with zero attached hydrogens (tertiary/aromatic N) is 21. The summed E-state index contributed by atoms with van der Waals surface area (Å²) < 4.78 is 13.9. The molecule has 604 valence electrons. The summed E-state index contributed by atoms with van der Waals surface area (Å²) in [6, 6.07) is 30.8. The molecule has 4 fully saturated rings. The normalized spacial score (nSPS) is 17.5. The second kappa shape index (κ2) is 32.7. The first-order valence-corrected chi connectivity index (χ1v) is 41.0. The summed E-state index contributed by atoms with van der Waals surface area (Å²) in [5.74, 6) is 0. The first-order valence-electron chi connectivity index (χ1n) is 39.5. The van der Waals surface area contributed by atoms with Gasteiger partial charge in [0, 0.05) is 217 Å². The number of hydrogen-bond acceptors (Lipinski definition) is 20. The van der Waals surface area contributed by atoms with Crippen molar-refractivity contribution in [2.75, 3.05) is 105 Å². The molecular weight excluding hydrogens is 1570 g/mol. The van der Waals surface area contributed by atoms with Crippen LogP contribution in [0.4, 0.5) is 22.7 Å². The molecule has 4 saturated heterocycles. The number of halogens is 4. The summed E-state index contributed by atoms with van der Waals surface area (Å²) in [6.07, 6.45) is 23.9. The van der Waals surface area contributed by atoms with Gasteiger partial charge in [0.15, 0.2) is 22.6 Å². The lowest BCUT2D eigenvalue weighted by Gasteiger charge is -2.37. The number of nitrogens with one attached hydrogen (secondary N) is 3. The van der Waals surface area contributed by atoms with E-state index in [-0.39, 0.29) is 22.2 Å². The number of rotatable bonds is 8. The van der Waals surface area contributed by atoms with Crippen molar-refractivity contribution in [1.82, 2.24) is 95.9 Å². The standard InChI is InChI=1S/2C22H23ClN6O.2C21H21ClN6O/c1-13-8-27(9-14(2)24-13)17-4-5-20-26-19(7-21(30)29(20)12-17)16-6-18(23)22-25-15(3)10-28(22)11-16;1-15-12-28-13-16(10-18(23)22(28)24-15)19-11-21(30)29-14-17(4-5-20(29)25-19)27-7-3-6-26(2)8-9-27;2*1-13-9-26(6-5-23-13)16-3-4-19-25-18(8-20(29)28(19)12-16)15-7-17(22)21-24-14(2)10-27(21)11-15/h4-7,10-14,24H,8-9H2,1-3H3;4-5,10-14H,3,6-9H2,1-2H3;2*3-4,7-8,10-13,23H,5-6,9H2,1-2H3/t13-,14+;;2*13-/m..10/s1. The second-order valence-electron chi connectivity index (χ2n) is 31.3. The third-order valence-electron chi connectivity index (χ3n) is 21.7. The molecule has 0 amide bonds. The SMILES string of the molecule is Cc1cn2cc(-c3cc(=O)n4cc(N5CCCN(C)CC5)ccc4n3)cc(Cl)c2n1.Cc1cn2cc(-c3cc(=O)n4cc(N5CCN[C@@H](C)C5)ccc4n3)cc(Cl)c2n1.Cc1cn2cc(-c3cc(=O)n4cc(N5CCN[C@H](C)C5)ccc4n3)cc(Cl)c2n1.Cc1cn2cc(-c3cc(=O)n4cc(N5C[C@@H](C)N[C@@H](C)C5)ccc4n3)cc(Cl)c2n1. The number of hydrogen-bond donors (Lipinski definition) is 3. The molecule has 0 radical (unpaired) electrons. The molecule has 3 N–H and O–H groups in total. The van der Waals surface area contributed by atoms with Crippen molar-refractivity contribution in [2.24, 2.45) is 0 Å². The van der Waals surface area contributed by atoms with Crippen LogP contribution < -0.4 is 57.8 Å². The van der Waals surface area contributed by atoms with Gasteiger partial charge in [-0.15, -0.1) is 0 Å². The molecule has 4 atom stereocenters. The Hall–Kier alpha value is -11.6. The van der Waals surface area contributed by atoms with Gasteiger partial charge in [-0.25, -0.2) is 39.9 Å². The molecule has 0 aliphatic carbocycles. The van der Waals surface area contributed by atoms with Crippen LogP contribution in [-0.2, 0) is 0 Å². The molecular formula is C86H88Cl4N24O4. The van der Waals surface area contributed by atoms with Gasteiger partial charge in [-0.2, -0.15) is 0 Å². The third kappa shape index (κ3) is 16.6. The summed E-state index contributed by atoms with van der Waals surface area (Å²) in [5.41, 5.74) is 17.9. The maximum absolute atomic E-state index is 12.9. The predicted molar refractivity (Wildman–Crippen MR) is 470 cm³/mol. The Labute approximate surface area is 697 Å². The van der Waals surface area contributed by atoms with Crippen molar-refractivity contribution in [3.63, 3.8) is 0 Å². The molecule has 16 aromatic rings. The van der Waals surface area contributed by atoms with Crippen molar-refractivity contribution in [3.05, 3.63) is 256 Å².